The van der Waals surface area contributed by atoms with Gasteiger partial charge >= 0.3 is 13.3 Å². The zero-order valence-electron chi connectivity index (χ0n) is 11.4. The molecule has 0 aliphatic carbocycles. The topological polar surface area (TPSA) is 35.5 Å². The molecule has 0 unspecified atom stereocenters. The minimum absolute atomic E-state index is 0.0827. The van der Waals surface area contributed by atoms with E-state index in [0.717, 1.165) is 5.56 Å². The molecule has 6 heteroatoms. The molecule has 0 atom stereocenters. The van der Waals surface area contributed by atoms with Crippen LogP contribution in [0.5, 0.6) is 0 Å². The highest BCUT2D eigenvalue weighted by atomic mass is 31.2. The molecule has 0 N–H and O–H groups in total. The SMILES string of the molecule is CCOP(=O)(OCC)C(F)(F)Cc1ccccc1C. The van der Waals surface area contributed by atoms with Crippen LogP contribution in [0.3, 0.4) is 0 Å². The summed E-state index contributed by atoms with van der Waals surface area (Å²) in [5.41, 5.74) is -2.38. The van der Waals surface area contributed by atoms with Gasteiger partial charge < -0.3 is 9.05 Å². The maximum atomic E-state index is 14.2. The summed E-state index contributed by atoms with van der Waals surface area (Å²) in [6, 6.07) is 6.76. The minimum atomic E-state index is -4.44. The molecule has 0 spiro atoms. The second kappa shape index (κ2) is 6.60. The first-order valence-electron chi connectivity index (χ1n) is 6.18. The Kier molecular flexibility index (Phi) is 5.65. The fourth-order valence-electron chi connectivity index (χ4n) is 1.70. The van der Waals surface area contributed by atoms with Gasteiger partial charge in [-0.25, -0.2) is 0 Å². The van der Waals surface area contributed by atoms with Crippen molar-refractivity contribution < 1.29 is 22.4 Å². The number of halogens is 2. The Hall–Kier alpha value is -0.770. The van der Waals surface area contributed by atoms with Crippen molar-refractivity contribution in [2.45, 2.75) is 32.9 Å². The van der Waals surface area contributed by atoms with Gasteiger partial charge in [0.1, 0.15) is 0 Å². The van der Waals surface area contributed by atoms with Gasteiger partial charge in [-0.15, -0.1) is 0 Å². The summed E-state index contributed by atoms with van der Waals surface area (Å²) in [5, 5.41) is 0. The lowest BCUT2D eigenvalue weighted by Gasteiger charge is -2.26. The molecule has 3 nitrogen and oxygen atoms in total. The van der Waals surface area contributed by atoms with Crippen LogP contribution in [-0.4, -0.2) is 18.9 Å². The predicted molar refractivity (Wildman–Crippen MR) is 70.7 cm³/mol. The van der Waals surface area contributed by atoms with Gasteiger partial charge in [0.15, 0.2) is 0 Å². The van der Waals surface area contributed by atoms with Gasteiger partial charge in [0.25, 0.3) is 0 Å². The number of aryl methyl sites for hydroxylation is 1. The van der Waals surface area contributed by atoms with Crippen molar-refractivity contribution in [3.63, 3.8) is 0 Å². The quantitative estimate of drug-likeness (QED) is 0.699. The predicted octanol–water partition coefficient (Wildman–Crippen LogP) is 4.40. The van der Waals surface area contributed by atoms with Crippen LogP contribution >= 0.6 is 7.60 Å². The zero-order valence-corrected chi connectivity index (χ0v) is 12.3. The average molecular weight is 292 g/mol. The first kappa shape index (κ1) is 16.3. The van der Waals surface area contributed by atoms with Crippen molar-refractivity contribution in [1.82, 2.24) is 0 Å². The van der Waals surface area contributed by atoms with Gasteiger partial charge in [-0.2, -0.15) is 8.78 Å². The van der Waals surface area contributed by atoms with E-state index in [1.807, 2.05) is 0 Å². The lowest BCUT2D eigenvalue weighted by atomic mass is 10.1. The first-order chi connectivity index (χ1) is 8.86. The monoisotopic (exact) mass is 292 g/mol. The Morgan fingerprint density at radius 3 is 2.16 bits per heavy atom. The van der Waals surface area contributed by atoms with Gasteiger partial charge in [-0.3, -0.25) is 4.57 Å². The highest BCUT2D eigenvalue weighted by molar-refractivity contribution is 7.55. The molecule has 19 heavy (non-hydrogen) atoms. The minimum Gasteiger partial charge on any atom is -0.305 e. The summed E-state index contributed by atoms with van der Waals surface area (Å²) in [4.78, 5) is 0. The number of hydrogen-bond donors (Lipinski definition) is 0. The number of alkyl halides is 2. The molecular formula is C13H19F2O3P. The maximum Gasteiger partial charge on any atom is 0.399 e. The van der Waals surface area contributed by atoms with E-state index in [0.29, 0.717) is 5.56 Å². The summed E-state index contributed by atoms with van der Waals surface area (Å²) in [6.45, 7) is 4.59. The van der Waals surface area contributed by atoms with Crippen LogP contribution in [0.25, 0.3) is 0 Å². The molecular weight excluding hydrogens is 273 g/mol. The van der Waals surface area contributed by atoms with Crippen molar-refractivity contribution in [3.05, 3.63) is 35.4 Å². The molecule has 0 saturated heterocycles. The van der Waals surface area contributed by atoms with Crippen LogP contribution in [0, 0.1) is 6.92 Å². The van der Waals surface area contributed by atoms with Crippen LogP contribution in [0.1, 0.15) is 25.0 Å². The number of hydrogen-bond acceptors (Lipinski definition) is 3. The largest absolute Gasteiger partial charge is 0.399 e. The van der Waals surface area contributed by atoms with Crippen LogP contribution in [0.4, 0.5) is 8.78 Å². The summed E-state index contributed by atoms with van der Waals surface area (Å²) in [6.07, 6.45) is -0.656. The van der Waals surface area contributed by atoms with Gasteiger partial charge in [0.2, 0.25) is 0 Å². The van der Waals surface area contributed by atoms with Crippen molar-refractivity contribution in [2.24, 2.45) is 0 Å². The molecule has 1 aromatic rings. The average Bonchev–Trinajstić information content (AvgIpc) is 2.32. The summed E-state index contributed by atoms with van der Waals surface area (Å²) < 4.78 is 50.0. The standard InChI is InChI=1S/C13H19F2O3P/c1-4-17-19(16,18-5-2)13(14,15)10-12-9-7-6-8-11(12)3/h6-9H,4-5,10H2,1-3H3. The van der Waals surface area contributed by atoms with Crippen molar-refractivity contribution in [2.75, 3.05) is 13.2 Å². The van der Waals surface area contributed by atoms with E-state index in [4.69, 9.17) is 9.05 Å². The zero-order chi connectivity index (χ0) is 14.5. The Morgan fingerprint density at radius 2 is 1.68 bits per heavy atom. The summed E-state index contributed by atoms with van der Waals surface area (Å²) in [7, 11) is -4.44. The molecule has 1 rings (SSSR count). The molecule has 1 aromatic carbocycles. The fourth-order valence-corrected chi connectivity index (χ4v) is 3.20. The summed E-state index contributed by atoms with van der Waals surface area (Å²) in [5.74, 6) is 0. The Bertz CT molecular complexity index is 453. The van der Waals surface area contributed by atoms with E-state index < -0.39 is 19.7 Å². The molecule has 0 heterocycles. The van der Waals surface area contributed by atoms with E-state index in [-0.39, 0.29) is 13.2 Å². The van der Waals surface area contributed by atoms with E-state index >= 15 is 0 Å². The van der Waals surface area contributed by atoms with Crippen molar-refractivity contribution in [1.29, 1.82) is 0 Å². The summed E-state index contributed by atoms with van der Waals surface area (Å²) >= 11 is 0. The first-order valence-corrected chi connectivity index (χ1v) is 7.72. The molecule has 0 saturated carbocycles. The van der Waals surface area contributed by atoms with Crippen LogP contribution in [0.15, 0.2) is 24.3 Å². The molecule has 0 bridgehead atoms. The normalized spacial score (nSPS) is 12.7. The lowest BCUT2D eigenvalue weighted by Crippen LogP contribution is -2.23. The highest BCUT2D eigenvalue weighted by Gasteiger charge is 2.53. The molecule has 0 aromatic heterocycles. The van der Waals surface area contributed by atoms with Gasteiger partial charge in [-0.05, 0) is 31.9 Å². The molecule has 0 aliphatic heterocycles. The fraction of sp³-hybridized carbons (Fsp3) is 0.538. The number of rotatable bonds is 7. The van der Waals surface area contributed by atoms with Gasteiger partial charge in [0.05, 0.1) is 13.2 Å². The van der Waals surface area contributed by atoms with Gasteiger partial charge in [-0.1, -0.05) is 24.3 Å². The lowest BCUT2D eigenvalue weighted by molar-refractivity contribution is 0.0392. The van der Waals surface area contributed by atoms with Crippen LogP contribution < -0.4 is 0 Å². The van der Waals surface area contributed by atoms with Crippen LogP contribution in [0.2, 0.25) is 0 Å². The Balaban J connectivity index is 3.01. The third-order valence-corrected chi connectivity index (χ3v) is 4.82. The second-order valence-electron chi connectivity index (χ2n) is 4.10. The number of benzene rings is 1. The highest BCUT2D eigenvalue weighted by Crippen LogP contribution is 2.62. The van der Waals surface area contributed by atoms with Crippen molar-refractivity contribution in [3.8, 4) is 0 Å². The molecule has 108 valence electrons. The van der Waals surface area contributed by atoms with Crippen LogP contribution in [-0.2, 0) is 20.0 Å². The molecule has 0 amide bonds. The molecule has 0 aliphatic rings. The Morgan fingerprint density at radius 1 is 1.16 bits per heavy atom. The molecule has 0 radical (unpaired) electrons. The van der Waals surface area contributed by atoms with E-state index in [2.05, 4.69) is 0 Å². The maximum absolute atomic E-state index is 14.2. The van der Waals surface area contributed by atoms with E-state index in [9.17, 15) is 13.3 Å². The third-order valence-electron chi connectivity index (χ3n) is 2.66. The smallest absolute Gasteiger partial charge is 0.305 e. The van der Waals surface area contributed by atoms with E-state index in [1.165, 1.54) is 13.8 Å². The van der Waals surface area contributed by atoms with Gasteiger partial charge in [0, 0.05) is 6.42 Å². The third kappa shape index (κ3) is 3.85. The Labute approximate surface area is 112 Å². The van der Waals surface area contributed by atoms with Crippen molar-refractivity contribution >= 4 is 7.60 Å². The second-order valence-corrected chi connectivity index (χ2v) is 6.27. The van der Waals surface area contributed by atoms with E-state index in [1.54, 1.807) is 31.2 Å². The molecule has 0 fully saturated rings.